The summed E-state index contributed by atoms with van der Waals surface area (Å²) in [7, 11) is 0. The van der Waals surface area contributed by atoms with Crippen molar-refractivity contribution >= 4 is 11.9 Å². The van der Waals surface area contributed by atoms with Gasteiger partial charge in [-0.15, -0.1) is 0 Å². The maximum absolute atomic E-state index is 12.2. The molecular formula is C17H23N7O. The number of hydrogen-bond donors (Lipinski definition) is 1. The van der Waals surface area contributed by atoms with Crippen molar-refractivity contribution in [2.24, 2.45) is 0 Å². The third kappa shape index (κ3) is 5.18. The minimum Gasteiger partial charge on any atom is -0.352 e. The van der Waals surface area contributed by atoms with Gasteiger partial charge in [0.05, 0.1) is 12.2 Å². The van der Waals surface area contributed by atoms with Crippen LogP contribution in [0.3, 0.4) is 0 Å². The molecule has 1 saturated heterocycles. The molecule has 132 valence electrons. The maximum atomic E-state index is 12.2. The Morgan fingerprint density at radius 2 is 1.88 bits per heavy atom. The number of rotatable bonds is 6. The first kappa shape index (κ1) is 17.2. The van der Waals surface area contributed by atoms with E-state index in [1.165, 1.54) is 0 Å². The molecule has 0 aliphatic carbocycles. The van der Waals surface area contributed by atoms with Gasteiger partial charge >= 0.3 is 0 Å². The largest absolute Gasteiger partial charge is 0.352 e. The van der Waals surface area contributed by atoms with Crippen molar-refractivity contribution in [3.05, 3.63) is 42.7 Å². The molecule has 0 bridgehead atoms. The Hall–Kier alpha value is -2.61. The van der Waals surface area contributed by atoms with Crippen molar-refractivity contribution in [1.29, 1.82) is 0 Å². The number of aromatic nitrogens is 4. The van der Waals surface area contributed by atoms with E-state index >= 15 is 0 Å². The van der Waals surface area contributed by atoms with Crippen LogP contribution in [0, 0.1) is 0 Å². The summed E-state index contributed by atoms with van der Waals surface area (Å²) in [5, 5.41) is 3.03. The van der Waals surface area contributed by atoms with Gasteiger partial charge in [-0.25, -0.2) is 9.97 Å². The zero-order valence-electron chi connectivity index (χ0n) is 14.4. The smallest absolute Gasteiger partial charge is 0.234 e. The van der Waals surface area contributed by atoms with Gasteiger partial charge in [0.2, 0.25) is 11.9 Å². The Labute approximate surface area is 147 Å². The van der Waals surface area contributed by atoms with Crippen molar-refractivity contribution < 1.29 is 4.79 Å². The predicted octanol–water partition coefficient (Wildman–Crippen LogP) is 0.136. The fourth-order valence-electron chi connectivity index (χ4n) is 2.88. The molecule has 1 N–H and O–H groups in total. The lowest BCUT2D eigenvalue weighted by molar-refractivity contribution is -0.122. The first-order valence-electron chi connectivity index (χ1n) is 8.49. The van der Waals surface area contributed by atoms with E-state index < -0.39 is 0 Å². The second kappa shape index (κ2) is 8.48. The molecule has 25 heavy (non-hydrogen) atoms. The molecule has 1 amide bonds. The quantitative estimate of drug-likeness (QED) is 0.799. The average Bonchev–Trinajstić information content (AvgIpc) is 2.63. The van der Waals surface area contributed by atoms with Gasteiger partial charge < -0.3 is 10.2 Å². The first-order valence-corrected chi connectivity index (χ1v) is 8.49. The summed E-state index contributed by atoms with van der Waals surface area (Å²) >= 11 is 0. The van der Waals surface area contributed by atoms with E-state index in [-0.39, 0.29) is 11.9 Å². The van der Waals surface area contributed by atoms with Gasteiger partial charge in [-0.05, 0) is 13.0 Å². The second-order valence-electron chi connectivity index (χ2n) is 6.18. The Balaban J connectivity index is 1.40. The van der Waals surface area contributed by atoms with E-state index in [4.69, 9.17) is 0 Å². The molecular weight excluding hydrogens is 318 g/mol. The fourth-order valence-corrected chi connectivity index (χ4v) is 2.88. The molecule has 0 spiro atoms. The van der Waals surface area contributed by atoms with Crippen LogP contribution in [0.1, 0.15) is 12.6 Å². The fraction of sp³-hybridized carbons (Fsp3) is 0.471. The Bertz CT molecular complexity index is 659. The second-order valence-corrected chi connectivity index (χ2v) is 6.18. The van der Waals surface area contributed by atoms with Crippen molar-refractivity contribution in [3.63, 3.8) is 0 Å². The lowest BCUT2D eigenvalue weighted by Gasteiger charge is -2.34. The monoisotopic (exact) mass is 341 g/mol. The van der Waals surface area contributed by atoms with Crippen molar-refractivity contribution in [1.82, 2.24) is 30.2 Å². The molecule has 1 unspecified atom stereocenters. The summed E-state index contributed by atoms with van der Waals surface area (Å²) in [6.07, 6.45) is 9.22. The number of piperazine rings is 1. The predicted molar refractivity (Wildman–Crippen MR) is 94.0 cm³/mol. The van der Waals surface area contributed by atoms with Crippen molar-refractivity contribution in [3.8, 4) is 0 Å². The zero-order chi connectivity index (χ0) is 17.5. The number of nitrogens with zero attached hydrogens (tertiary/aromatic N) is 6. The molecule has 1 aliphatic heterocycles. The summed E-state index contributed by atoms with van der Waals surface area (Å²) in [6, 6.07) is 1.84. The highest BCUT2D eigenvalue weighted by Crippen LogP contribution is 2.09. The number of carbonyl (C=O) groups excluding carboxylic acids is 1. The van der Waals surface area contributed by atoms with Crippen molar-refractivity contribution in [2.75, 3.05) is 37.6 Å². The maximum Gasteiger partial charge on any atom is 0.234 e. The number of carbonyl (C=O) groups is 1. The molecule has 0 radical (unpaired) electrons. The van der Waals surface area contributed by atoms with Crippen LogP contribution >= 0.6 is 0 Å². The van der Waals surface area contributed by atoms with Crippen LogP contribution in [-0.2, 0) is 11.2 Å². The molecule has 1 aliphatic rings. The molecule has 3 heterocycles. The Morgan fingerprint density at radius 3 is 2.56 bits per heavy atom. The summed E-state index contributed by atoms with van der Waals surface area (Å²) in [5.41, 5.74) is 0.881. The van der Waals surface area contributed by atoms with Gasteiger partial charge in [0.1, 0.15) is 0 Å². The van der Waals surface area contributed by atoms with Gasteiger partial charge in [0.15, 0.2) is 0 Å². The molecule has 2 aromatic rings. The van der Waals surface area contributed by atoms with E-state index in [1.807, 2.05) is 13.0 Å². The van der Waals surface area contributed by atoms with Gasteiger partial charge in [-0.2, -0.15) is 0 Å². The van der Waals surface area contributed by atoms with E-state index in [0.717, 1.165) is 37.8 Å². The number of hydrogen-bond acceptors (Lipinski definition) is 7. The molecule has 1 atom stereocenters. The van der Waals surface area contributed by atoms with Gasteiger partial charge in [0, 0.05) is 69.6 Å². The highest BCUT2D eigenvalue weighted by atomic mass is 16.2. The number of nitrogens with one attached hydrogen (secondary N) is 1. The molecule has 0 aromatic carbocycles. The molecule has 8 nitrogen and oxygen atoms in total. The zero-order valence-corrected chi connectivity index (χ0v) is 14.4. The van der Waals surface area contributed by atoms with E-state index in [2.05, 4.69) is 35.1 Å². The van der Waals surface area contributed by atoms with Crippen LogP contribution in [-0.4, -0.2) is 69.5 Å². The van der Waals surface area contributed by atoms with Gasteiger partial charge in [-0.1, -0.05) is 0 Å². The Kier molecular flexibility index (Phi) is 5.84. The minimum atomic E-state index is 0.0307. The highest BCUT2D eigenvalue weighted by Gasteiger charge is 2.21. The number of anilines is 1. The molecule has 3 rings (SSSR count). The highest BCUT2D eigenvalue weighted by molar-refractivity contribution is 5.78. The summed E-state index contributed by atoms with van der Waals surface area (Å²) in [4.78, 5) is 33.4. The van der Waals surface area contributed by atoms with E-state index in [0.29, 0.717) is 13.0 Å². The summed E-state index contributed by atoms with van der Waals surface area (Å²) in [5.74, 6) is 0.796. The molecule has 1 fully saturated rings. The minimum absolute atomic E-state index is 0.0307. The van der Waals surface area contributed by atoms with Gasteiger partial charge in [0.25, 0.3) is 0 Å². The normalized spacial score (nSPS) is 16.4. The average molecular weight is 341 g/mol. The number of amides is 1. The SMILES string of the molecule is CC(Cc1cnccn1)NC(=O)CN1CCN(c2ncccn2)CC1. The van der Waals surface area contributed by atoms with E-state index in [1.54, 1.807) is 31.0 Å². The molecule has 0 saturated carbocycles. The third-order valence-electron chi connectivity index (χ3n) is 4.11. The van der Waals surface area contributed by atoms with Crippen LogP contribution < -0.4 is 10.2 Å². The van der Waals surface area contributed by atoms with Crippen LogP contribution in [0.25, 0.3) is 0 Å². The molecule has 2 aromatic heterocycles. The summed E-state index contributed by atoms with van der Waals surface area (Å²) < 4.78 is 0. The first-order chi connectivity index (χ1) is 12.2. The Morgan fingerprint density at radius 1 is 1.12 bits per heavy atom. The van der Waals surface area contributed by atoms with Crippen LogP contribution in [0.5, 0.6) is 0 Å². The van der Waals surface area contributed by atoms with Crippen molar-refractivity contribution in [2.45, 2.75) is 19.4 Å². The third-order valence-corrected chi connectivity index (χ3v) is 4.11. The topological polar surface area (TPSA) is 87.1 Å². The van der Waals surface area contributed by atoms with Crippen LogP contribution in [0.4, 0.5) is 5.95 Å². The lowest BCUT2D eigenvalue weighted by atomic mass is 10.2. The summed E-state index contributed by atoms with van der Waals surface area (Å²) in [6.45, 7) is 5.69. The standard InChI is InChI=1S/C17H23N7O/c1-14(11-15-12-18-5-6-19-15)22-16(25)13-23-7-9-24(10-8-23)17-20-3-2-4-21-17/h2-6,12,14H,7-11,13H2,1H3,(H,22,25). The van der Waals surface area contributed by atoms with E-state index in [9.17, 15) is 4.79 Å². The molecule has 8 heteroatoms. The lowest BCUT2D eigenvalue weighted by Crippen LogP contribution is -2.50. The van der Waals surface area contributed by atoms with Gasteiger partial charge in [-0.3, -0.25) is 19.7 Å². The van der Waals surface area contributed by atoms with Crippen LogP contribution in [0.15, 0.2) is 37.1 Å². The van der Waals surface area contributed by atoms with Crippen LogP contribution in [0.2, 0.25) is 0 Å².